The number of ether oxygens (including phenoxy) is 4. The van der Waals surface area contributed by atoms with Gasteiger partial charge in [-0.05, 0) is 11.8 Å². The lowest BCUT2D eigenvalue weighted by atomic mass is 9.99. The highest BCUT2D eigenvalue weighted by atomic mass is 16.5. The maximum Gasteiger partial charge on any atom is 0.239 e. The lowest BCUT2D eigenvalue weighted by Gasteiger charge is -2.28. The average molecular weight is 489 g/mol. The number of rotatable bonds is 6. The normalized spacial score (nSPS) is 22.2. The van der Waals surface area contributed by atoms with E-state index in [1.165, 1.54) is 0 Å². The molecule has 1 aliphatic heterocycles. The lowest BCUT2D eigenvalue weighted by molar-refractivity contribution is -0.137. The number of carbonyl (C=O) groups excluding carboxylic acids is 2. The highest BCUT2D eigenvalue weighted by Gasteiger charge is 2.26. The minimum Gasteiger partial charge on any atom is -0.377 e. The Hall–Kier alpha value is -1.30. The van der Waals surface area contributed by atoms with E-state index in [4.69, 9.17) is 30.4 Å². The van der Waals surface area contributed by atoms with E-state index in [2.05, 4.69) is 0 Å². The molecule has 200 valence electrons. The van der Waals surface area contributed by atoms with Crippen LogP contribution in [0.15, 0.2) is 0 Å². The first-order chi connectivity index (χ1) is 16.3. The van der Waals surface area contributed by atoms with Crippen molar-refractivity contribution in [3.05, 3.63) is 0 Å². The van der Waals surface area contributed by atoms with Crippen LogP contribution >= 0.6 is 0 Å². The van der Waals surface area contributed by atoms with Gasteiger partial charge in [-0.3, -0.25) is 9.59 Å². The van der Waals surface area contributed by atoms with Crippen molar-refractivity contribution in [2.75, 3.05) is 79.0 Å². The Balaban J connectivity index is 2.61. The first kappa shape index (κ1) is 30.7. The van der Waals surface area contributed by atoms with Gasteiger partial charge in [0.15, 0.2) is 0 Å². The molecular weight excluding hydrogens is 440 g/mol. The fourth-order valence-corrected chi connectivity index (χ4v) is 3.42. The molecule has 2 amide bonds. The van der Waals surface area contributed by atoms with Crippen LogP contribution in [0.5, 0.6) is 0 Å². The predicted molar refractivity (Wildman–Crippen MR) is 131 cm³/mol. The third kappa shape index (κ3) is 11.4. The quantitative estimate of drug-likeness (QED) is 0.552. The van der Waals surface area contributed by atoms with Crippen molar-refractivity contribution in [3.63, 3.8) is 0 Å². The van der Waals surface area contributed by atoms with E-state index in [9.17, 15) is 9.59 Å². The van der Waals surface area contributed by atoms with Crippen LogP contribution in [0, 0.1) is 11.8 Å². The van der Waals surface area contributed by atoms with Gasteiger partial charge in [-0.15, -0.1) is 0 Å². The second-order valence-electron chi connectivity index (χ2n) is 8.92. The molecule has 0 radical (unpaired) electrons. The van der Waals surface area contributed by atoms with Crippen LogP contribution in [0.3, 0.4) is 0 Å². The molecule has 34 heavy (non-hydrogen) atoms. The van der Waals surface area contributed by atoms with Gasteiger partial charge in [0.2, 0.25) is 11.8 Å². The Morgan fingerprint density at radius 1 is 0.618 bits per heavy atom. The smallest absolute Gasteiger partial charge is 0.239 e. The minimum atomic E-state index is -0.534. The van der Waals surface area contributed by atoms with E-state index in [0.29, 0.717) is 79.0 Å². The minimum absolute atomic E-state index is 0.0798. The van der Waals surface area contributed by atoms with Crippen molar-refractivity contribution in [1.29, 1.82) is 0 Å². The number of carbonyl (C=O) groups is 2. The molecule has 0 aliphatic carbocycles. The summed E-state index contributed by atoms with van der Waals surface area (Å²) in [5, 5.41) is 0. The molecule has 0 spiro atoms. The molecular formula is C24H48N4O6. The van der Waals surface area contributed by atoms with E-state index in [1.54, 1.807) is 9.80 Å². The maximum absolute atomic E-state index is 12.8. The molecule has 1 aliphatic rings. The average Bonchev–Trinajstić information content (AvgIpc) is 2.85. The summed E-state index contributed by atoms with van der Waals surface area (Å²) < 4.78 is 22.7. The van der Waals surface area contributed by atoms with Gasteiger partial charge >= 0.3 is 0 Å². The Morgan fingerprint density at radius 2 is 0.882 bits per heavy atom. The first-order valence-corrected chi connectivity index (χ1v) is 12.7. The SMILES string of the molecule is CCC(C)C(N)C(=O)N1CCOCCOCCN(C(=O)C(N)C(C)CC)CCOCCOCC1. The topological polar surface area (TPSA) is 130 Å². The largest absolute Gasteiger partial charge is 0.377 e. The van der Waals surface area contributed by atoms with Crippen molar-refractivity contribution >= 4 is 11.8 Å². The summed E-state index contributed by atoms with van der Waals surface area (Å²) in [4.78, 5) is 29.1. The molecule has 1 heterocycles. The summed E-state index contributed by atoms with van der Waals surface area (Å²) in [6.45, 7) is 13.0. The molecule has 4 N–H and O–H groups in total. The zero-order chi connectivity index (χ0) is 25.3. The number of amides is 2. The van der Waals surface area contributed by atoms with Gasteiger partial charge in [-0.1, -0.05) is 40.5 Å². The monoisotopic (exact) mass is 488 g/mol. The third-order valence-corrected chi connectivity index (χ3v) is 6.47. The second-order valence-corrected chi connectivity index (χ2v) is 8.92. The molecule has 0 aromatic heterocycles. The van der Waals surface area contributed by atoms with Gasteiger partial charge in [0.05, 0.1) is 64.9 Å². The summed E-state index contributed by atoms with van der Waals surface area (Å²) in [6.07, 6.45) is 1.68. The van der Waals surface area contributed by atoms with Gasteiger partial charge in [-0.25, -0.2) is 0 Å². The molecule has 0 aromatic rings. The van der Waals surface area contributed by atoms with E-state index in [0.717, 1.165) is 12.8 Å². The Bertz CT molecular complexity index is 500. The number of hydrogen-bond donors (Lipinski definition) is 2. The van der Waals surface area contributed by atoms with Crippen LogP contribution in [0.4, 0.5) is 0 Å². The Labute approximate surface area is 205 Å². The van der Waals surface area contributed by atoms with Crippen LogP contribution in [0.2, 0.25) is 0 Å². The zero-order valence-electron chi connectivity index (χ0n) is 21.7. The van der Waals surface area contributed by atoms with E-state index in [-0.39, 0.29) is 23.7 Å². The number of nitrogens with zero attached hydrogens (tertiary/aromatic N) is 2. The van der Waals surface area contributed by atoms with Crippen molar-refractivity contribution in [1.82, 2.24) is 9.80 Å². The van der Waals surface area contributed by atoms with E-state index < -0.39 is 12.1 Å². The molecule has 1 saturated heterocycles. The number of nitrogens with two attached hydrogens (primary N) is 2. The first-order valence-electron chi connectivity index (χ1n) is 12.7. The van der Waals surface area contributed by atoms with Crippen LogP contribution in [-0.4, -0.2) is 113 Å². The molecule has 4 atom stereocenters. The van der Waals surface area contributed by atoms with Crippen molar-refractivity contribution < 1.29 is 28.5 Å². The van der Waals surface area contributed by atoms with Gasteiger partial charge < -0.3 is 40.2 Å². The van der Waals surface area contributed by atoms with Gasteiger partial charge in [-0.2, -0.15) is 0 Å². The number of hydrogen-bond acceptors (Lipinski definition) is 8. The van der Waals surface area contributed by atoms with Crippen LogP contribution in [-0.2, 0) is 28.5 Å². The highest BCUT2D eigenvalue weighted by Crippen LogP contribution is 2.10. The second kappa shape index (κ2) is 18.0. The molecule has 1 fully saturated rings. The highest BCUT2D eigenvalue weighted by molar-refractivity contribution is 5.82. The fraction of sp³-hybridized carbons (Fsp3) is 0.917. The molecule has 10 heteroatoms. The zero-order valence-corrected chi connectivity index (χ0v) is 21.7. The summed E-state index contributed by atoms with van der Waals surface area (Å²) >= 11 is 0. The summed E-state index contributed by atoms with van der Waals surface area (Å²) in [5.74, 6) is 0.0540. The van der Waals surface area contributed by atoms with E-state index in [1.807, 2.05) is 27.7 Å². The van der Waals surface area contributed by atoms with Crippen molar-refractivity contribution in [2.45, 2.75) is 52.6 Å². The lowest BCUT2D eigenvalue weighted by Crippen LogP contribution is -2.49. The van der Waals surface area contributed by atoms with Crippen molar-refractivity contribution in [3.8, 4) is 0 Å². The van der Waals surface area contributed by atoms with Gasteiger partial charge in [0.25, 0.3) is 0 Å². The predicted octanol–water partition coefficient (Wildman–Crippen LogP) is 0.470. The molecule has 10 nitrogen and oxygen atoms in total. The Morgan fingerprint density at radius 3 is 1.12 bits per heavy atom. The summed E-state index contributed by atoms with van der Waals surface area (Å²) in [6, 6.07) is -1.07. The Kier molecular flexibility index (Phi) is 16.3. The van der Waals surface area contributed by atoms with Gasteiger partial charge in [0.1, 0.15) is 0 Å². The fourth-order valence-electron chi connectivity index (χ4n) is 3.42. The van der Waals surface area contributed by atoms with Gasteiger partial charge in [0, 0.05) is 26.2 Å². The van der Waals surface area contributed by atoms with E-state index >= 15 is 0 Å². The molecule has 0 saturated carbocycles. The van der Waals surface area contributed by atoms with Crippen LogP contribution in [0.25, 0.3) is 0 Å². The maximum atomic E-state index is 12.8. The molecule has 4 unspecified atom stereocenters. The summed E-state index contributed by atoms with van der Waals surface area (Å²) in [7, 11) is 0. The molecule has 0 bridgehead atoms. The molecule has 1 rings (SSSR count). The standard InChI is InChI=1S/C24H48N4O6/c1-5-19(3)21(25)23(29)27-7-11-31-15-17-33-13-9-28(24(30)22(26)20(4)6-2)10-14-34-18-16-32-12-8-27/h19-22H,5-18,25-26H2,1-4H3. The molecule has 0 aromatic carbocycles. The van der Waals surface area contributed by atoms with Crippen LogP contribution < -0.4 is 11.5 Å². The van der Waals surface area contributed by atoms with Crippen molar-refractivity contribution in [2.24, 2.45) is 23.3 Å². The van der Waals surface area contributed by atoms with Crippen LogP contribution in [0.1, 0.15) is 40.5 Å². The third-order valence-electron chi connectivity index (χ3n) is 6.47. The summed E-state index contributed by atoms with van der Waals surface area (Å²) in [5.41, 5.74) is 12.3.